The molecule has 2 N–H and O–H groups in total. The number of carbonyl (C=O) groups is 1. The van der Waals surface area contributed by atoms with Crippen molar-refractivity contribution in [2.75, 3.05) is 69.6 Å². The molecule has 0 spiro atoms. The van der Waals surface area contributed by atoms with Crippen molar-refractivity contribution in [2.24, 2.45) is 0 Å². The lowest BCUT2D eigenvalue weighted by molar-refractivity contribution is -0.118. The molecular formula is C26H39ClN6O3. The number of anilines is 2. The number of hydrogen-bond acceptors (Lipinski definition) is 8. The fourth-order valence-corrected chi connectivity index (χ4v) is 5.38. The predicted molar refractivity (Wildman–Crippen MR) is 145 cm³/mol. The molecule has 4 rings (SSSR count). The van der Waals surface area contributed by atoms with Gasteiger partial charge in [-0.1, -0.05) is 19.3 Å². The van der Waals surface area contributed by atoms with Crippen molar-refractivity contribution >= 4 is 40.2 Å². The maximum absolute atomic E-state index is 11.4. The Morgan fingerprint density at radius 1 is 1.00 bits per heavy atom. The minimum absolute atomic E-state index is 0.0239. The third kappa shape index (κ3) is 6.62. The standard InChI is InChI=1S/C26H39ClN6O3/c1-35-22-16-20-21(17-23(22)36-2)30-26(29-11-6-10-28-24(34)18-27)31-25(20)33-13-7-12-32(14-15-33)19-8-4-3-5-9-19/h16-17,19H,3-15,18H2,1-2H3,(H,28,34)(H,29,30,31). The van der Waals surface area contributed by atoms with Crippen LogP contribution in [0.3, 0.4) is 0 Å². The molecule has 9 nitrogen and oxygen atoms in total. The van der Waals surface area contributed by atoms with E-state index in [-0.39, 0.29) is 11.8 Å². The second kappa shape index (κ2) is 13.1. The molecule has 1 aromatic heterocycles. The van der Waals surface area contributed by atoms with Crippen molar-refractivity contribution in [2.45, 2.75) is 51.0 Å². The summed E-state index contributed by atoms with van der Waals surface area (Å²) in [4.78, 5) is 26.2. The highest BCUT2D eigenvalue weighted by molar-refractivity contribution is 6.27. The lowest BCUT2D eigenvalue weighted by Gasteiger charge is -2.33. The van der Waals surface area contributed by atoms with Gasteiger partial charge in [-0.3, -0.25) is 9.69 Å². The fraction of sp³-hybridized carbons (Fsp3) is 0.654. The number of carbonyl (C=O) groups excluding carboxylic acids is 1. The summed E-state index contributed by atoms with van der Waals surface area (Å²) in [5.74, 6) is 2.62. The normalized spacial score (nSPS) is 17.6. The van der Waals surface area contributed by atoms with Crippen molar-refractivity contribution in [3.63, 3.8) is 0 Å². The van der Waals surface area contributed by atoms with Crippen molar-refractivity contribution in [1.82, 2.24) is 20.2 Å². The molecule has 2 aromatic rings. The van der Waals surface area contributed by atoms with Gasteiger partial charge in [-0.25, -0.2) is 4.98 Å². The van der Waals surface area contributed by atoms with Gasteiger partial charge in [0.15, 0.2) is 11.5 Å². The number of fused-ring (bicyclic) bond motifs is 1. The van der Waals surface area contributed by atoms with Crippen LogP contribution < -0.4 is 25.0 Å². The Labute approximate surface area is 218 Å². The highest BCUT2D eigenvalue weighted by Crippen LogP contribution is 2.36. The lowest BCUT2D eigenvalue weighted by Crippen LogP contribution is -2.39. The average Bonchev–Trinajstić information content (AvgIpc) is 3.18. The van der Waals surface area contributed by atoms with E-state index in [0.717, 1.165) is 61.8 Å². The van der Waals surface area contributed by atoms with E-state index in [0.29, 0.717) is 30.5 Å². The first-order valence-corrected chi connectivity index (χ1v) is 13.7. The predicted octanol–water partition coefficient (Wildman–Crippen LogP) is 3.65. The van der Waals surface area contributed by atoms with Gasteiger partial charge in [0.05, 0.1) is 19.7 Å². The zero-order valence-corrected chi connectivity index (χ0v) is 22.3. The fourth-order valence-electron chi connectivity index (χ4n) is 5.28. The Morgan fingerprint density at radius 3 is 2.53 bits per heavy atom. The van der Waals surface area contributed by atoms with Gasteiger partial charge in [-0.15, -0.1) is 11.6 Å². The highest BCUT2D eigenvalue weighted by atomic mass is 35.5. The number of ether oxygens (including phenoxy) is 2. The Kier molecular flexibility index (Phi) is 9.69. The highest BCUT2D eigenvalue weighted by Gasteiger charge is 2.25. The number of aromatic nitrogens is 2. The molecule has 0 bridgehead atoms. The number of methoxy groups -OCH3 is 2. The maximum Gasteiger partial charge on any atom is 0.234 e. The zero-order valence-electron chi connectivity index (χ0n) is 21.5. The molecular weight excluding hydrogens is 480 g/mol. The summed E-state index contributed by atoms with van der Waals surface area (Å²) in [6.45, 7) is 5.25. The Balaban J connectivity index is 1.55. The van der Waals surface area contributed by atoms with E-state index >= 15 is 0 Å². The minimum atomic E-state index is -0.162. The van der Waals surface area contributed by atoms with Crippen LogP contribution in [0.25, 0.3) is 10.9 Å². The van der Waals surface area contributed by atoms with Gasteiger partial charge < -0.3 is 25.0 Å². The summed E-state index contributed by atoms with van der Waals surface area (Å²) in [6, 6.07) is 4.62. The van der Waals surface area contributed by atoms with Crippen molar-refractivity contribution < 1.29 is 14.3 Å². The number of nitrogens with one attached hydrogen (secondary N) is 2. The van der Waals surface area contributed by atoms with Gasteiger partial charge in [0, 0.05) is 56.8 Å². The number of amides is 1. The third-order valence-electron chi connectivity index (χ3n) is 7.18. The Morgan fingerprint density at radius 2 is 1.78 bits per heavy atom. The van der Waals surface area contributed by atoms with Gasteiger partial charge >= 0.3 is 0 Å². The molecule has 0 atom stereocenters. The van der Waals surface area contributed by atoms with Crippen molar-refractivity contribution in [1.29, 1.82) is 0 Å². The van der Waals surface area contributed by atoms with Crippen molar-refractivity contribution in [3.05, 3.63) is 12.1 Å². The van der Waals surface area contributed by atoms with Crippen LogP contribution in [0.15, 0.2) is 12.1 Å². The number of nitrogens with zero attached hydrogens (tertiary/aromatic N) is 4. The molecule has 1 saturated carbocycles. The van der Waals surface area contributed by atoms with Crippen LogP contribution in [0, 0.1) is 0 Å². The van der Waals surface area contributed by atoms with Gasteiger partial charge in [-0.05, 0) is 31.7 Å². The molecule has 0 unspecified atom stereocenters. The van der Waals surface area contributed by atoms with Crippen LogP contribution in [-0.4, -0.2) is 86.2 Å². The third-order valence-corrected chi connectivity index (χ3v) is 7.42. The van der Waals surface area contributed by atoms with Gasteiger partial charge in [0.1, 0.15) is 11.7 Å². The number of halogens is 1. The van der Waals surface area contributed by atoms with Gasteiger partial charge in [0.25, 0.3) is 0 Å². The Bertz CT molecular complexity index is 1020. The molecule has 198 valence electrons. The van der Waals surface area contributed by atoms with Crippen LogP contribution in [0.1, 0.15) is 44.9 Å². The summed E-state index contributed by atoms with van der Waals surface area (Å²) in [6.07, 6.45) is 8.59. The van der Waals surface area contributed by atoms with E-state index in [1.54, 1.807) is 14.2 Å². The summed E-state index contributed by atoms with van der Waals surface area (Å²) < 4.78 is 11.1. The smallest absolute Gasteiger partial charge is 0.234 e. The molecule has 1 aliphatic heterocycles. The van der Waals surface area contributed by atoms with E-state index in [9.17, 15) is 4.79 Å². The van der Waals surface area contributed by atoms with Crippen LogP contribution in [0.2, 0.25) is 0 Å². The summed E-state index contributed by atoms with van der Waals surface area (Å²) in [7, 11) is 3.28. The molecule has 1 saturated heterocycles. The second-order valence-electron chi connectivity index (χ2n) is 9.53. The molecule has 2 fully saturated rings. The monoisotopic (exact) mass is 518 g/mol. The largest absolute Gasteiger partial charge is 0.493 e. The number of hydrogen-bond donors (Lipinski definition) is 2. The SMILES string of the molecule is COc1cc2nc(NCCCNC(=O)CCl)nc(N3CCCN(C4CCCCC4)CC3)c2cc1OC. The summed E-state index contributed by atoms with van der Waals surface area (Å²) >= 11 is 5.54. The quantitative estimate of drug-likeness (QED) is 0.364. The number of alkyl halides is 1. The van der Waals surface area contributed by atoms with Gasteiger partial charge in [-0.2, -0.15) is 4.98 Å². The summed E-state index contributed by atoms with van der Waals surface area (Å²) in [5, 5.41) is 7.07. The molecule has 36 heavy (non-hydrogen) atoms. The molecule has 10 heteroatoms. The molecule has 2 aliphatic rings. The molecule has 2 heterocycles. The lowest BCUT2D eigenvalue weighted by atomic mass is 9.94. The maximum atomic E-state index is 11.4. The van der Waals surface area contributed by atoms with E-state index in [1.165, 1.54) is 32.1 Å². The molecule has 1 amide bonds. The van der Waals surface area contributed by atoms with Crippen LogP contribution in [0.4, 0.5) is 11.8 Å². The topological polar surface area (TPSA) is 91.8 Å². The summed E-state index contributed by atoms with van der Waals surface area (Å²) in [5.41, 5.74) is 0.809. The Hall–Kier alpha value is -2.52. The first kappa shape index (κ1) is 26.5. The van der Waals surface area contributed by atoms with Crippen LogP contribution >= 0.6 is 11.6 Å². The number of benzene rings is 1. The van der Waals surface area contributed by atoms with Crippen molar-refractivity contribution in [3.8, 4) is 11.5 Å². The van der Waals surface area contributed by atoms with E-state index in [1.807, 2.05) is 12.1 Å². The zero-order chi connectivity index (χ0) is 25.3. The minimum Gasteiger partial charge on any atom is -0.493 e. The van der Waals surface area contributed by atoms with Crippen LogP contribution in [0.5, 0.6) is 11.5 Å². The second-order valence-corrected chi connectivity index (χ2v) is 9.79. The molecule has 1 aliphatic carbocycles. The van der Waals surface area contributed by atoms with E-state index in [2.05, 4.69) is 20.4 Å². The molecule has 1 aromatic carbocycles. The first-order chi connectivity index (χ1) is 17.6. The van der Waals surface area contributed by atoms with E-state index in [4.69, 9.17) is 31.0 Å². The van der Waals surface area contributed by atoms with Gasteiger partial charge in [0.2, 0.25) is 11.9 Å². The average molecular weight is 519 g/mol. The van der Waals surface area contributed by atoms with Crippen LogP contribution in [-0.2, 0) is 4.79 Å². The molecule has 0 radical (unpaired) electrons. The number of rotatable bonds is 10. The first-order valence-electron chi connectivity index (χ1n) is 13.1. The van der Waals surface area contributed by atoms with E-state index < -0.39 is 0 Å².